The van der Waals surface area contributed by atoms with E-state index in [0.717, 1.165) is 29.9 Å². The third-order valence-corrected chi connectivity index (χ3v) is 7.42. The molecule has 0 radical (unpaired) electrons. The molecule has 0 amide bonds. The van der Waals surface area contributed by atoms with Crippen molar-refractivity contribution in [3.05, 3.63) is 89.2 Å². The van der Waals surface area contributed by atoms with E-state index in [9.17, 15) is 12.8 Å². The van der Waals surface area contributed by atoms with Gasteiger partial charge in [-0.3, -0.25) is 0 Å². The third-order valence-electron chi connectivity index (χ3n) is 6.00. The highest BCUT2D eigenvalue weighted by molar-refractivity contribution is 7.89. The number of nitrogens with zero attached hydrogens (tertiary/aromatic N) is 2. The number of fused-ring (bicyclic) bond motifs is 1. The molecule has 0 spiro atoms. The van der Waals surface area contributed by atoms with Gasteiger partial charge in [-0.2, -0.15) is 0 Å². The lowest BCUT2D eigenvalue weighted by atomic mass is 10.0. The molecule has 0 unspecified atom stereocenters. The van der Waals surface area contributed by atoms with E-state index in [4.69, 9.17) is 0 Å². The molecule has 5 nitrogen and oxygen atoms in total. The van der Waals surface area contributed by atoms with Crippen LogP contribution in [-0.4, -0.2) is 35.6 Å². The minimum absolute atomic E-state index is 0.0694. The molecule has 32 heavy (non-hydrogen) atoms. The zero-order chi connectivity index (χ0) is 22.9. The van der Waals surface area contributed by atoms with Crippen LogP contribution in [0.1, 0.15) is 22.7 Å². The van der Waals surface area contributed by atoms with Crippen LogP contribution < -0.4 is 14.5 Å². The average molecular weight is 454 g/mol. The Hall–Kier alpha value is -2.90. The fourth-order valence-electron chi connectivity index (χ4n) is 4.15. The SMILES string of the molecule is Cc1cc(S(=O)(=O)NC[C@H](c2ccc(N(C)C)cc2)N2CCc3ccccc32)ccc1F. The Morgan fingerprint density at radius 1 is 1.06 bits per heavy atom. The van der Waals surface area contributed by atoms with Crippen LogP contribution in [0.3, 0.4) is 0 Å². The van der Waals surface area contributed by atoms with Crippen molar-refractivity contribution in [2.75, 3.05) is 37.0 Å². The van der Waals surface area contributed by atoms with Gasteiger partial charge in [0.15, 0.2) is 0 Å². The molecule has 3 aromatic carbocycles. The topological polar surface area (TPSA) is 52.7 Å². The summed E-state index contributed by atoms with van der Waals surface area (Å²) in [6, 6.07) is 20.1. The fraction of sp³-hybridized carbons (Fsp3) is 0.280. The van der Waals surface area contributed by atoms with Gasteiger partial charge in [0.25, 0.3) is 0 Å². The summed E-state index contributed by atoms with van der Waals surface area (Å²) in [5.41, 5.74) is 4.81. The van der Waals surface area contributed by atoms with Crippen LogP contribution in [-0.2, 0) is 16.4 Å². The predicted octanol–water partition coefficient (Wildman–Crippen LogP) is 4.28. The van der Waals surface area contributed by atoms with Crippen molar-refractivity contribution in [1.82, 2.24) is 4.72 Å². The first-order valence-corrected chi connectivity index (χ1v) is 12.1. The van der Waals surface area contributed by atoms with Crippen LogP contribution in [0.25, 0.3) is 0 Å². The van der Waals surface area contributed by atoms with Gasteiger partial charge in [-0.15, -0.1) is 0 Å². The molecule has 0 aromatic heterocycles. The van der Waals surface area contributed by atoms with E-state index in [1.54, 1.807) is 6.92 Å². The van der Waals surface area contributed by atoms with Gasteiger partial charge in [0, 0.05) is 38.6 Å². The Morgan fingerprint density at radius 2 is 1.78 bits per heavy atom. The number of hydrogen-bond acceptors (Lipinski definition) is 4. The Bertz CT molecular complexity index is 1210. The lowest BCUT2D eigenvalue weighted by Gasteiger charge is -2.31. The number of anilines is 2. The van der Waals surface area contributed by atoms with Crippen molar-refractivity contribution in [2.24, 2.45) is 0 Å². The first kappa shape index (κ1) is 22.3. The first-order chi connectivity index (χ1) is 15.3. The maximum atomic E-state index is 13.6. The number of halogens is 1. The van der Waals surface area contributed by atoms with Gasteiger partial charge in [-0.05, 0) is 66.4 Å². The molecule has 0 saturated carbocycles. The van der Waals surface area contributed by atoms with Crippen LogP contribution >= 0.6 is 0 Å². The van der Waals surface area contributed by atoms with E-state index >= 15 is 0 Å². The number of nitrogens with one attached hydrogen (secondary N) is 1. The largest absolute Gasteiger partial charge is 0.378 e. The maximum absolute atomic E-state index is 13.6. The summed E-state index contributed by atoms with van der Waals surface area (Å²) in [6.07, 6.45) is 0.923. The van der Waals surface area contributed by atoms with E-state index in [1.165, 1.54) is 23.8 Å². The molecule has 0 bridgehead atoms. The monoisotopic (exact) mass is 453 g/mol. The van der Waals surface area contributed by atoms with E-state index in [1.807, 2.05) is 43.3 Å². The molecule has 0 saturated heterocycles. The molecule has 0 fully saturated rings. The molecule has 1 atom stereocenters. The Kier molecular flexibility index (Phi) is 6.22. The van der Waals surface area contributed by atoms with Crippen LogP contribution in [0.4, 0.5) is 15.8 Å². The van der Waals surface area contributed by atoms with Gasteiger partial charge in [-0.1, -0.05) is 30.3 Å². The van der Waals surface area contributed by atoms with Gasteiger partial charge in [-0.25, -0.2) is 17.5 Å². The second kappa shape index (κ2) is 8.92. The number of para-hydroxylation sites is 1. The molecule has 4 rings (SSSR count). The summed E-state index contributed by atoms with van der Waals surface area (Å²) in [6.45, 7) is 2.58. The second-order valence-electron chi connectivity index (χ2n) is 8.34. The summed E-state index contributed by atoms with van der Waals surface area (Å²) in [5.74, 6) is -0.420. The molecule has 3 aromatic rings. The van der Waals surface area contributed by atoms with Crippen LogP contribution in [0.5, 0.6) is 0 Å². The second-order valence-corrected chi connectivity index (χ2v) is 10.1. The van der Waals surface area contributed by atoms with Crippen molar-refractivity contribution in [3.8, 4) is 0 Å². The zero-order valence-corrected chi connectivity index (χ0v) is 19.4. The minimum Gasteiger partial charge on any atom is -0.378 e. The van der Waals surface area contributed by atoms with Crippen LogP contribution in [0.15, 0.2) is 71.6 Å². The quantitative estimate of drug-likeness (QED) is 0.580. The first-order valence-electron chi connectivity index (χ1n) is 10.6. The highest BCUT2D eigenvalue weighted by atomic mass is 32.2. The lowest BCUT2D eigenvalue weighted by Crippen LogP contribution is -2.37. The number of sulfonamides is 1. The molecule has 1 N–H and O–H groups in total. The van der Waals surface area contributed by atoms with Gasteiger partial charge in [0.2, 0.25) is 10.0 Å². The van der Waals surface area contributed by atoms with E-state index in [2.05, 4.69) is 33.9 Å². The molecular weight excluding hydrogens is 425 g/mol. The molecular formula is C25H28FN3O2S. The Labute approximate surface area is 189 Å². The summed E-state index contributed by atoms with van der Waals surface area (Å²) in [5, 5.41) is 0. The highest BCUT2D eigenvalue weighted by Crippen LogP contribution is 2.35. The molecule has 1 aliphatic rings. The average Bonchev–Trinajstić information content (AvgIpc) is 3.20. The standard InChI is InChI=1S/C25H28FN3O2S/c1-18-16-22(12-13-23(18)26)32(30,31)27-17-25(20-8-10-21(11-9-20)28(2)3)29-15-14-19-6-4-5-7-24(19)29/h4-13,16,25,27H,14-15,17H2,1-3H3/t25-/m1/s1. The van der Waals surface area contributed by atoms with Gasteiger partial charge in [0.05, 0.1) is 10.9 Å². The van der Waals surface area contributed by atoms with Gasteiger partial charge >= 0.3 is 0 Å². The van der Waals surface area contributed by atoms with E-state index in [-0.39, 0.29) is 17.5 Å². The molecule has 1 aliphatic heterocycles. The molecule has 0 aliphatic carbocycles. The van der Waals surface area contributed by atoms with Crippen molar-refractivity contribution in [2.45, 2.75) is 24.3 Å². The number of benzene rings is 3. The molecule has 168 valence electrons. The van der Waals surface area contributed by atoms with Crippen molar-refractivity contribution in [3.63, 3.8) is 0 Å². The molecule has 1 heterocycles. The van der Waals surface area contributed by atoms with Gasteiger partial charge in [0.1, 0.15) is 5.82 Å². The normalized spacial score (nSPS) is 14.3. The Morgan fingerprint density at radius 3 is 2.47 bits per heavy atom. The van der Waals surface area contributed by atoms with Crippen molar-refractivity contribution < 1.29 is 12.8 Å². The summed E-state index contributed by atoms with van der Waals surface area (Å²) in [7, 11) is 0.194. The summed E-state index contributed by atoms with van der Waals surface area (Å²) < 4.78 is 42.3. The Balaban J connectivity index is 1.64. The minimum atomic E-state index is -3.78. The number of hydrogen-bond donors (Lipinski definition) is 1. The number of aryl methyl sites for hydroxylation is 1. The van der Waals surface area contributed by atoms with E-state index in [0.29, 0.717) is 5.56 Å². The van der Waals surface area contributed by atoms with Crippen molar-refractivity contribution >= 4 is 21.4 Å². The van der Waals surface area contributed by atoms with E-state index < -0.39 is 15.8 Å². The predicted molar refractivity (Wildman–Crippen MR) is 127 cm³/mol. The third kappa shape index (κ3) is 4.49. The highest BCUT2D eigenvalue weighted by Gasteiger charge is 2.28. The zero-order valence-electron chi connectivity index (χ0n) is 18.5. The van der Waals surface area contributed by atoms with Gasteiger partial charge < -0.3 is 9.80 Å². The lowest BCUT2D eigenvalue weighted by molar-refractivity contribution is 0.562. The van der Waals surface area contributed by atoms with Crippen molar-refractivity contribution in [1.29, 1.82) is 0 Å². The number of rotatable bonds is 7. The van der Waals surface area contributed by atoms with Crippen LogP contribution in [0, 0.1) is 12.7 Å². The maximum Gasteiger partial charge on any atom is 0.240 e. The summed E-state index contributed by atoms with van der Waals surface area (Å²) in [4.78, 5) is 4.36. The van der Waals surface area contributed by atoms with Crippen LogP contribution in [0.2, 0.25) is 0 Å². The fourth-order valence-corrected chi connectivity index (χ4v) is 5.27. The molecule has 7 heteroatoms. The smallest absolute Gasteiger partial charge is 0.240 e. The summed E-state index contributed by atoms with van der Waals surface area (Å²) >= 11 is 0.